The van der Waals surface area contributed by atoms with Crippen molar-refractivity contribution in [1.82, 2.24) is 10.6 Å². The molecule has 0 amide bonds. The number of benzene rings is 1. The smallest absolute Gasteiger partial charge is 0.191 e. The van der Waals surface area contributed by atoms with Gasteiger partial charge in [-0.2, -0.15) is 11.8 Å². The van der Waals surface area contributed by atoms with Gasteiger partial charge in [0.1, 0.15) is 11.6 Å². The first-order valence-corrected chi connectivity index (χ1v) is 9.32. The second-order valence-electron chi connectivity index (χ2n) is 5.84. The molecule has 8 heteroatoms. The molecule has 25 heavy (non-hydrogen) atoms. The van der Waals surface area contributed by atoms with Gasteiger partial charge in [0.25, 0.3) is 0 Å². The van der Waals surface area contributed by atoms with Gasteiger partial charge in [0.05, 0.1) is 0 Å². The van der Waals surface area contributed by atoms with Gasteiger partial charge < -0.3 is 15.4 Å². The molecule has 0 atom stereocenters. The second-order valence-corrected chi connectivity index (χ2v) is 7.11. The van der Waals surface area contributed by atoms with Gasteiger partial charge in [-0.3, -0.25) is 4.99 Å². The van der Waals surface area contributed by atoms with Gasteiger partial charge in [-0.1, -0.05) is 0 Å². The Morgan fingerprint density at radius 1 is 1.28 bits per heavy atom. The van der Waals surface area contributed by atoms with Crippen LogP contribution in [0, 0.1) is 11.6 Å². The summed E-state index contributed by atoms with van der Waals surface area (Å²) < 4.78 is 32.4. The lowest BCUT2D eigenvalue weighted by atomic mass is 9.99. The Morgan fingerprint density at radius 2 is 2.00 bits per heavy atom. The Kier molecular flexibility index (Phi) is 10.0. The van der Waals surface area contributed by atoms with Crippen LogP contribution in [0.4, 0.5) is 8.78 Å². The van der Waals surface area contributed by atoms with Crippen LogP contribution in [-0.2, 0) is 11.2 Å². The number of nitrogens with one attached hydrogen (secondary N) is 2. The molecule has 0 spiro atoms. The summed E-state index contributed by atoms with van der Waals surface area (Å²) in [6, 6.07) is 3.52. The zero-order chi connectivity index (χ0) is 17.4. The third kappa shape index (κ3) is 6.90. The fourth-order valence-corrected chi connectivity index (χ4v) is 3.50. The number of rotatable bonds is 6. The largest absolute Gasteiger partial charge is 0.381 e. The molecular weight excluding hydrogens is 459 g/mol. The topological polar surface area (TPSA) is 45.7 Å². The van der Waals surface area contributed by atoms with E-state index in [1.807, 2.05) is 11.8 Å². The van der Waals surface area contributed by atoms with Crippen molar-refractivity contribution < 1.29 is 13.5 Å². The van der Waals surface area contributed by atoms with E-state index in [0.29, 0.717) is 24.5 Å². The van der Waals surface area contributed by atoms with Gasteiger partial charge >= 0.3 is 0 Å². The van der Waals surface area contributed by atoms with Crippen molar-refractivity contribution >= 4 is 41.7 Å². The van der Waals surface area contributed by atoms with Crippen molar-refractivity contribution in [3.8, 4) is 0 Å². The lowest BCUT2D eigenvalue weighted by Gasteiger charge is -2.36. The first-order chi connectivity index (χ1) is 11.6. The van der Waals surface area contributed by atoms with Gasteiger partial charge in [0.15, 0.2) is 5.96 Å². The van der Waals surface area contributed by atoms with Crippen molar-refractivity contribution in [2.45, 2.75) is 24.0 Å². The summed E-state index contributed by atoms with van der Waals surface area (Å²) in [6.07, 6.45) is 4.53. The average molecular weight is 485 g/mol. The zero-order valence-corrected chi connectivity index (χ0v) is 17.8. The van der Waals surface area contributed by atoms with E-state index < -0.39 is 5.82 Å². The molecule has 1 saturated heterocycles. The van der Waals surface area contributed by atoms with Crippen LogP contribution in [0.25, 0.3) is 0 Å². The zero-order valence-electron chi connectivity index (χ0n) is 14.6. The van der Waals surface area contributed by atoms with Crippen molar-refractivity contribution in [3.63, 3.8) is 0 Å². The van der Waals surface area contributed by atoms with Crippen LogP contribution in [0.1, 0.15) is 18.4 Å². The summed E-state index contributed by atoms with van der Waals surface area (Å²) in [5, 5.41) is 6.49. The number of nitrogens with zero attached hydrogens (tertiary/aromatic N) is 1. The molecule has 2 rings (SSSR count). The number of ether oxygens (including phenoxy) is 1. The van der Waals surface area contributed by atoms with Gasteiger partial charge in [0.2, 0.25) is 0 Å². The first kappa shape index (κ1) is 22.4. The van der Waals surface area contributed by atoms with E-state index in [0.717, 1.165) is 44.7 Å². The number of hydrogen-bond donors (Lipinski definition) is 2. The van der Waals surface area contributed by atoms with E-state index in [1.54, 1.807) is 7.05 Å². The Morgan fingerprint density at radius 3 is 2.64 bits per heavy atom. The van der Waals surface area contributed by atoms with Crippen LogP contribution in [0.15, 0.2) is 23.2 Å². The van der Waals surface area contributed by atoms with Crippen molar-refractivity contribution in [1.29, 1.82) is 0 Å². The highest BCUT2D eigenvalue weighted by Gasteiger charge is 2.31. The average Bonchev–Trinajstić information content (AvgIpc) is 2.61. The summed E-state index contributed by atoms with van der Waals surface area (Å²) in [6.45, 7) is 2.85. The standard InChI is InChI=1S/C17H25F2N3OS.HI/c1-20-16(22-12-17(24-2)6-9-23-10-7-17)21-8-5-13-11-14(18)3-4-15(13)19;/h3-4,11H,5-10,12H2,1-2H3,(H2,20,21,22);1H. The SMILES string of the molecule is CN=C(NCCc1cc(F)ccc1F)NCC1(SC)CCOCC1.I. The van der Waals surface area contributed by atoms with E-state index in [9.17, 15) is 8.78 Å². The first-order valence-electron chi connectivity index (χ1n) is 8.10. The lowest BCUT2D eigenvalue weighted by molar-refractivity contribution is 0.0783. The fourth-order valence-electron chi connectivity index (χ4n) is 2.71. The highest BCUT2D eigenvalue weighted by Crippen LogP contribution is 2.32. The molecule has 0 aliphatic carbocycles. The lowest BCUT2D eigenvalue weighted by Crippen LogP contribution is -2.48. The maximum Gasteiger partial charge on any atom is 0.191 e. The Hall–Kier alpha value is -0.610. The molecule has 1 aliphatic heterocycles. The predicted molar refractivity (Wildman–Crippen MR) is 111 cm³/mol. The summed E-state index contributed by atoms with van der Waals surface area (Å²) in [5.41, 5.74) is 0.364. The number of aliphatic imine (C=N–C) groups is 1. The number of halogens is 3. The van der Waals surface area contributed by atoms with Crippen LogP contribution < -0.4 is 10.6 Å². The third-order valence-corrected chi connectivity index (χ3v) is 5.75. The Labute approximate surface area is 169 Å². The van der Waals surface area contributed by atoms with Crippen molar-refractivity contribution in [3.05, 3.63) is 35.4 Å². The van der Waals surface area contributed by atoms with Gasteiger partial charge in [-0.15, -0.1) is 24.0 Å². The second kappa shape index (κ2) is 11.2. The number of guanidine groups is 1. The van der Waals surface area contributed by atoms with E-state index in [4.69, 9.17) is 4.74 Å². The maximum absolute atomic E-state index is 13.6. The molecule has 0 unspecified atom stereocenters. The molecule has 2 N–H and O–H groups in total. The molecule has 4 nitrogen and oxygen atoms in total. The molecule has 142 valence electrons. The van der Waals surface area contributed by atoms with Crippen LogP contribution in [-0.4, -0.2) is 50.3 Å². The van der Waals surface area contributed by atoms with Gasteiger partial charge in [-0.25, -0.2) is 8.78 Å². The molecule has 0 saturated carbocycles. The minimum Gasteiger partial charge on any atom is -0.381 e. The van der Waals surface area contributed by atoms with Crippen LogP contribution >= 0.6 is 35.7 Å². The summed E-state index contributed by atoms with van der Waals surface area (Å²) >= 11 is 1.85. The molecule has 1 fully saturated rings. The highest BCUT2D eigenvalue weighted by atomic mass is 127. The quantitative estimate of drug-likeness (QED) is 0.369. The van der Waals surface area contributed by atoms with Gasteiger partial charge in [-0.05, 0) is 49.3 Å². The monoisotopic (exact) mass is 485 g/mol. The summed E-state index contributed by atoms with van der Waals surface area (Å²) in [4.78, 5) is 4.20. The van der Waals surface area contributed by atoms with Crippen molar-refractivity contribution in [2.75, 3.05) is 39.6 Å². The summed E-state index contributed by atoms with van der Waals surface area (Å²) in [7, 11) is 1.70. The number of hydrogen-bond acceptors (Lipinski definition) is 3. The predicted octanol–water partition coefficient (Wildman–Crippen LogP) is 3.20. The molecule has 1 aromatic carbocycles. The molecule has 0 aromatic heterocycles. The highest BCUT2D eigenvalue weighted by molar-refractivity contribution is 14.0. The maximum atomic E-state index is 13.6. The Balaban J connectivity index is 0.00000312. The molecule has 0 radical (unpaired) electrons. The molecular formula is C17H26F2IN3OS. The Bertz CT molecular complexity index is 569. The van der Waals surface area contributed by atoms with Crippen LogP contribution in [0.5, 0.6) is 0 Å². The fraction of sp³-hybridized carbons (Fsp3) is 0.588. The van der Waals surface area contributed by atoms with E-state index in [1.165, 1.54) is 6.07 Å². The van der Waals surface area contributed by atoms with Crippen LogP contribution in [0.3, 0.4) is 0 Å². The van der Waals surface area contributed by atoms with Crippen LogP contribution in [0.2, 0.25) is 0 Å². The van der Waals surface area contributed by atoms with Gasteiger partial charge in [0, 0.05) is 38.1 Å². The minimum absolute atomic E-state index is 0. The molecule has 1 aromatic rings. The molecule has 0 bridgehead atoms. The normalized spacial score (nSPS) is 16.9. The van der Waals surface area contributed by atoms with E-state index >= 15 is 0 Å². The minimum atomic E-state index is -0.421. The van der Waals surface area contributed by atoms with E-state index in [2.05, 4.69) is 21.9 Å². The van der Waals surface area contributed by atoms with Crippen molar-refractivity contribution in [2.24, 2.45) is 4.99 Å². The summed E-state index contributed by atoms with van der Waals surface area (Å²) in [5.74, 6) is -0.133. The molecule has 1 aliphatic rings. The van der Waals surface area contributed by atoms with E-state index in [-0.39, 0.29) is 34.5 Å². The number of thioether (sulfide) groups is 1. The third-order valence-electron chi connectivity index (χ3n) is 4.33. The molecule has 1 heterocycles.